The van der Waals surface area contributed by atoms with E-state index in [4.69, 9.17) is 16.3 Å². The van der Waals surface area contributed by atoms with E-state index >= 15 is 0 Å². The Morgan fingerprint density at radius 1 is 1.30 bits per heavy atom. The smallest absolute Gasteiger partial charge is 0.311 e. The number of ether oxygens (including phenoxy) is 1. The van der Waals surface area contributed by atoms with Gasteiger partial charge in [0, 0.05) is 22.5 Å². The first kappa shape index (κ1) is 27.7. The number of hydrogen-bond donors (Lipinski definition) is 1. The second kappa shape index (κ2) is 11.2. The number of carbonyl (C=O) groups is 3. The van der Waals surface area contributed by atoms with Crippen molar-refractivity contribution in [2.24, 2.45) is 17.8 Å². The molecule has 3 heterocycles. The molecule has 2 amide bonds. The number of carbonyl (C=O) groups excluding carboxylic acids is 3. The molecule has 3 aliphatic rings. The summed E-state index contributed by atoms with van der Waals surface area (Å²) in [5, 5.41) is 10.9. The maximum absolute atomic E-state index is 14.5. The van der Waals surface area contributed by atoms with E-state index in [0.717, 1.165) is 6.42 Å². The van der Waals surface area contributed by atoms with Gasteiger partial charge >= 0.3 is 5.97 Å². The molecule has 1 aromatic rings. The van der Waals surface area contributed by atoms with Gasteiger partial charge in [-0.2, -0.15) is 0 Å². The molecule has 2 bridgehead atoms. The van der Waals surface area contributed by atoms with Crippen LogP contribution in [0.4, 0.5) is 5.69 Å². The summed E-state index contributed by atoms with van der Waals surface area (Å²) in [5.74, 6) is -2.03. The second-order valence-electron chi connectivity index (χ2n) is 10.4. The van der Waals surface area contributed by atoms with E-state index in [9.17, 15) is 19.5 Å². The zero-order valence-electron chi connectivity index (χ0n) is 21.3. The molecule has 4 rings (SSSR count). The molecule has 0 radical (unpaired) electrons. The van der Waals surface area contributed by atoms with Crippen molar-refractivity contribution < 1.29 is 24.2 Å². The summed E-state index contributed by atoms with van der Waals surface area (Å²) < 4.78 is 4.65. The SMILES string of the molecule is C=CCOC(=O)[C@@H]1[C@H]2C(=O)N([C@@H](CO)CC(C)C)C(C(=O)N(CC=C)c3ccc(Cl)cc3)C23CC[C@H]1S3. The highest BCUT2D eigenvalue weighted by atomic mass is 35.5. The lowest BCUT2D eigenvalue weighted by molar-refractivity contribution is -0.153. The molecule has 3 fully saturated rings. The van der Waals surface area contributed by atoms with Crippen LogP contribution in [0.3, 0.4) is 0 Å². The fourth-order valence-electron chi connectivity index (χ4n) is 6.31. The van der Waals surface area contributed by atoms with Crippen molar-refractivity contribution in [2.45, 2.75) is 55.2 Å². The Morgan fingerprint density at radius 3 is 2.59 bits per heavy atom. The molecule has 7 nitrogen and oxygen atoms in total. The van der Waals surface area contributed by atoms with Gasteiger partial charge < -0.3 is 19.6 Å². The van der Waals surface area contributed by atoms with Gasteiger partial charge in [-0.3, -0.25) is 14.4 Å². The molecular formula is C28H35ClN2O5S. The van der Waals surface area contributed by atoms with Crippen molar-refractivity contribution in [3.05, 3.63) is 54.6 Å². The Labute approximate surface area is 227 Å². The van der Waals surface area contributed by atoms with Crippen LogP contribution in [-0.4, -0.2) is 69.6 Å². The van der Waals surface area contributed by atoms with E-state index in [-0.39, 0.29) is 42.7 Å². The number of nitrogens with zero attached hydrogens (tertiary/aromatic N) is 2. The van der Waals surface area contributed by atoms with E-state index in [1.54, 1.807) is 51.9 Å². The van der Waals surface area contributed by atoms with Crippen LogP contribution in [0, 0.1) is 17.8 Å². The summed E-state index contributed by atoms with van der Waals surface area (Å²) in [6.45, 7) is 11.5. The van der Waals surface area contributed by atoms with Crippen molar-refractivity contribution in [3.8, 4) is 0 Å². The minimum absolute atomic E-state index is 0.0724. The highest BCUT2D eigenvalue weighted by Gasteiger charge is 2.74. The highest BCUT2D eigenvalue weighted by molar-refractivity contribution is 8.02. The van der Waals surface area contributed by atoms with Crippen molar-refractivity contribution in [1.29, 1.82) is 0 Å². The number of fused-ring (bicyclic) bond motifs is 1. The van der Waals surface area contributed by atoms with Gasteiger partial charge in [0.25, 0.3) is 5.91 Å². The van der Waals surface area contributed by atoms with Gasteiger partial charge in [-0.05, 0) is 49.4 Å². The molecule has 6 atom stereocenters. The molecule has 0 saturated carbocycles. The van der Waals surface area contributed by atoms with E-state index < -0.39 is 34.6 Å². The maximum Gasteiger partial charge on any atom is 0.311 e. The molecule has 200 valence electrons. The number of esters is 1. The Balaban J connectivity index is 1.80. The topological polar surface area (TPSA) is 87.1 Å². The quantitative estimate of drug-likeness (QED) is 0.332. The predicted octanol–water partition coefficient (Wildman–Crippen LogP) is 4.09. The summed E-state index contributed by atoms with van der Waals surface area (Å²) in [4.78, 5) is 45.0. The van der Waals surface area contributed by atoms with Gasteiger partial charge in [-0.1, -0.05) is 44.2 Å². The molecule has 37 heavy (non-hydrogen) atoms. The van der Waals surface area contributed by atoms with Crippen molar-refractivity contribution in [3.63, 3.8) is 0 Å². The molecule has 1 aromatic carbocycles. The Hall–Kier alpha value is -2.29. The van der Waals surface area contributed by atoms with Crippen LogP contribution in [0.2, 0.25) is 5.02 Å². The number of thioether (sulfide) groups is 1. The lowest BCUT2D eigenvalue weighted by Gasteiger charge is -2.40. The van der Waals surface area contributed by atoms with Gasteiger partial charge in [0.2, 0.25) is 5.91 Å². The lowest BCUT2D eigenvalue weighted by Crippen LogP contribution is -2.57. The van der Waals surface area contributed by atoms with Crippen LogP contribution in [0.15, 0.2) is 49.6 Å². The van der Waals surface area contributed by atoms with Crippen LogP contribution in [0.5, 0.6) is 0 Å². The minimum atomic E-state index is -0.830. The monoisotopic (exact) mass is 546 g/mol. The molecule has 3 saturated heterocycles. The first-order valence-corrected chi connectivity index (χ1v) is 14.0. The van der Waals surface area contributed by atoms with Gasteiger partial charge in [0.05, 0.1) is 29.2 Å². The molecule has 1 spiro atoms. The van der Waals surface area contributed by atoms with E-state index in [0.29, 0.717) is 23.6 Å². The number of aliphatic hydroxyl groups is 1. The molecule has 1 N–H and O–H groups in total. The zero-order valence-corrected chi connectivity index (χ0v) is 22.9. The zero-order chi connectivity index (χ0) is 26.9. The number of hydrogen-bond acceptors (Lipinski definition) is 6. The molecule has 2 unspecified atom stereocenters. The van der Waals surface area contributed by atoms with E-state index in [1.165, 1.54) is 6.08 Å². The summed E-state index contributed by atoms with van der Waals surface area (Å²) in [6, 6.07) is 5.61. The number of aliphatic hydroxyl groups excluding tert-OH is 1. The van der Waals surface area contributed by atoms with Crippen LogP contribution >= 0.6 is 23.4 Å². The molecule has 9 heteroatoms. The first-order chi connectivity index (χ1) is 17.7. The van der Waals surface area contributed by atoms with Crippen molar-refractivity contribution in [1.82, 2.24) is 4.90 Å². The highest BCUT2D eigenvalue weighted by Crippen LogP contribution is 2.67. The van der Waals surface area contributed by atoms with Gasteiger partial charge in [-0.15, -0.1) is 18.3 Å². The number of benzene rings is 1. The standard InChI is InChI=1S/C28H35ClN2O5S/c1-5-13-30(19-9-7-18(29)8-10-19)26(34)24-28-12-11-21(37-28)22(27(35)36-14-6-2)23(28)25(33)31(24)20(16-32)15-17(3)4/h5-10,17,20-24,32H,1-2,11-16H2,3-4H3/t20-,21-,22+,23+,24?,28?/m1/s1. The Morgan fingerprint density at radius 2 is 2.00 bits per heavy atom. The third kappa shape index (κ3) is 4.84. The Bertz CT molecular complexity index is 1060. The fourth-order valence-corrected chi connectivity index (χ4v) is 8.62. The molecular weight excluding hydrogens is 512 g/mol. The number of amides is 2. The van der Waals surface area contributed by atoms with Gasteiger partial charge in [0.15, 0.2) is 0 Å². The van der Waals surface area contributed by atoms with Crippen LogP contribution < -0.4 is 4.90 Å². The normalized spacial score (nSPS) is 28.8. The summed E-state index contributed by atoms with van der Waals surface area (Å²) in [6.07, 6.45) is 5.05. The third-order valence-corrected chi connectivity index (χ3v) is 9.85. The molecule has 0 aliphatic carbocycles. The average Bonchev–Trinajstić information content (AvgIpc) is 3.52. The summed E-state index contributed by atoms with van der Waals surface area (Å²) in [7, 11) is 0. The number of likely N-dealkylation sites (tertiary alicyclic amines) is 1. The minimum Gasteiger partial charge on any atom is -0.461 e. The fraction of sp³-hybridized carbons (Fsp3) is 0.536. The second-order valence-corrected chi connectivity index (χ2v) is 12.4. The van der Waals surface area contributed by atoms with Crippen LogP contribution in [-0.2, 0) is 19.1 Å². The summed E-state index contributed by atoms with van der Waals surface area (Å²) in [5.41, 5.74) is 0.644. The van der Waals surface area contributed by atoms with E-state index in [2.05, 4.69) is 13.2 Å². The van der Waals surface area contributed by atoms with Crippen molar-refractivity contribution >= 4 is 46.8 Å². The number of rotatable bonds is 11. The van der Waals surface area contributed by atoms with Gasteiger partial charge in [-0.25, -0.2) is 0 Å². The van der Waals surface area contributed by atoms with Crippen LogP contribution in [0.25, 0.3) is 0 Å². The largest absolute Gasteiger partial charge is 0.461 e. The summed E-state index contributed by atoms with van der Waals surface area (Å²) >= 11 is 7.68. The lowest BCUT2D eigenvalue weighted by atomic mass is 9.71. The first-order valence-electron chi connectivity index (χ1n) is 12.8. The predicted molar refractivity (Wildman–Crippen MR) is 146 cm³/mol. The molecule has 3 aliphatic heterocycles. The van der Waals surface area contributed by atoms with Crippen LogP contribution in [0.1, 0.15) is 33.1 Å². The number of halogens is 1. The Kier molecular flexibility index (Phi) is 8.41. The average molecular weight is 547 g/mol. The van der Waals surface area contributed by atoms with Crippen molar-refractivity contribution in [2.75, 3.05) is 24.7 Å². The molecule has 0 aromatic heterocycles. The van der Waals surface area contributed by atoms with Gasteiger partial charge in [0.1, 0.15) is 12.6 Å². The van der Waals surface area contributed by atoms with E-state index in [1.807, 2.05) is 13.8 Å². The third-order valence-electron chi connectivity index (χ3n) is 7.65. The maximum atomic E-state index is 14.5. The number of anilines is 1.